The number of nitrogens with two attached hydrogens (primary N) is 1. The maximum absolute atomic E-state index is 12.7. The van der Waals surface area contributed by atoms with Gasteiger partial charge >= 0.3 is 5.97 Å². The Labute approximate surface area is 120 Å². The molecule has 5 nitrogen and oxygen atoms in total. The lowest BCUT2D eigenvalue weighted by Gasteiger charge is -2.38. The van der Waals surface area contributed by atoms with E-state index in [1.807, 2.05) is 4.90 Å². The maximum Gasteiger partial charge on any atom is 0.303 e. The van der Waals surface area contributed by atoms with E-state index in [4.69, 9.17) is 10.8 Å². The minimum atomic E-state index is -0.762. The Hall–Kier alpha value is -1.10. The van der Waals surface area contributed by atoms with Crippen LogP contribution in [0.25, 0.3) is 0 Å². The van der Waals surface area contributed by atoms with E-state index in [9.17, 15) is 9.59 Å². The molecule has 1 saturated carbocycles. The van der Waals surface area contributed by atoms with Gasteiger partial charge in [-0.15, -0.1) is 0 Å². The number of carboxylic acids is 1. The van der Waals surface area contributed by atoms with E-state index in [-0.39, 0.29) is 24.2 Å². The lowest BCUT2D eigenvalue weighted by atomic mass is 9.78. The summed E-state index contributed by atoms with van der Waals surface area (Å²) in [5.41, 5.74) is 5.81. The Bertz CT molecular complexity index is 359. The Kier molecular flexibility index (Phi) is 5.40. The topological polar surface area (TPSA) is 83.6 Å². The van der Waals surface area contributed by atoms with Gasteiger partial charge in [-0.1, -0.05) is 12.8 Å². The zero-order chi connectivity index (χ0) is 14.5. The van der Waals surface area contributed by atoms with Crippen LogP contribution in [-0.2, 0) is 9.59 Å². The fourth-order valence-corrected chi connectivity index (χ4v) is 3.73. The van der Waals surface area contributed by atoms with Gasteiger partial charge in [0.1, 0.15) is 0 Å². The summed E-state index contributed by atoms with van der Waals surface area (Å²) < 4.78 is 0. The van der Waals surface area contributed by atoms with Crippen LogP contribution in [0.15, 0.2) is 0 Å². The van der Waals surface area contributed by atoms with Crippen molar-refractivity contribution in [2.75, 3.05) is 19.6 Å². The second-order valence-electron chi connectivity index (χ2n) is 6.28. The molecule has 0 aromatic rings. The lowest BCUT2D eigenvalue weighted by molar-refractivity contribution is -0.143. The van der Waals surface area contributed by atoms with Crippen molar-refractivity contribution in [3.8, 4) is 0 Å². The van der Waals surface area contributed by atoms with Crippen molar-refractivity contribution in [3.05, 3.63) is 0 Å². The largest absolute Gasteiger partial charge is 0.481 e. The van der Waals surface area contributed by atoms with Crippen molar-refractivity contribution < 1.29 is 14.7 Å². The number of aliphatic carboxylic acids is 1. The zero-order valence-electron chi connectivity index (χ0n) is 12.1. The van der Waals surface area contributed by atoms with Crippen LogP contribution in [0.4, 0.5) is 0 Å². The number of carbonyl (C=O) groups excluding carboxylic acids is 1. The third kappa shape index (κ3) is 3.72. The molecular formula is C15H26N2O3. The molecule has 1 amide bonds. The highest BCUT2D eigenvalue weighted by Gasteiger charge is 2.35. The number of piperidine rings is 1. The Morgan fingerprint density at radius 1 is 1.15 bits per heavy atom. The molecule has 2 fully saturated rings. The van der Waals surface area contributed by atoms with Crippen LogP contribution < -0.4 is 5.73 Å². The number of carboxylic acid groups (broad SMARTS) is 1. The average molecular weight is 282 g/mol. The van der Waals surface area contributed by atoms with Gasteiger partial charge in [-0.25, -0.2) is 0 Å². The molecule has 114 valence electrons. The fraction of sp³-hybridized carbons (Fsp3) is 0.867. The second-order valence-corrected chi connectivity index (χ2v) is 6.28. The summed E-state index contributed by atoms with van der Waals surface area (Å²) in [5.74, 6) is -0.0458. The number of rotatable bonds is 4. The highest BCUT2D eigenvalue weighted by atomic mass is 16.4. The van der Waals surface area contributed by atoms with Gasteiger partial charge in [0.05, 0.1) is 0 Å². The first-order chi connectivity index (χ1) is 9.61. The summed E-state index contributed by atoms with van der Waals surface area (Å²) in [6, 6.07) is 0. The van der Waals surface area contributed by atoms with E-state index in [0.717, 1.165) is 38.6 Å². The number of hydrogen-bond donors (Lipinski definition) is 2. The SMILES string of the molecule is NCC1CCCCC1C(=O)N1CCCC(CC(=O)O)C1. The molecule has 1 saturated heterocycles. The third-order valence-electron chi connectivity index (χ3n) is 4.82. The highest BCUT2D eigenvalue weighted by Crippen LogP contribution is 2.32. The molecule has 3 atom stereocenters. The van der Waals surface area contributed by atoms with Gasteiger partial charge in [-0.2, -0.15) is 0 Å². The summed E-state index contributed by atoms with van der Waals surface area (Å²) in [6.07, 6.45) is 6.30. The first-order valence-electron chi connectivity index (χ1n) is 7.82. The van der Waals surface area contributed by atoms with Crippen LogP contribution in [-0.4, -0.2) is 41.5 Å². The minimum absolute atomic E-state index is 0.0670. The number of nitrogens with zero attached hydrogens (tertiary/aromatic N) is 1. The summed E-state index contributed by atoms with van der Waals surface area (Å²) in [4.78, 5) is 25.4. The van der Waals surface area contributed by atoms with Crippen LogP contribution in [0.1, 0.15) is 44.9 Å². The Balaban J connectivity index is 1.95. The van der Waals surface area contributed by atoms with Gasteiger partial charge in [0.25, 0.3) is 0 Å². The predicted octanol–water partition coefficient (Wildman–Crippen LogP) is 1.46. The number of likely N-dealkylation sites (tertiary alicyclic amines) is 1. The van der Waals surface area contributed by atoms with Gasteiger partial charge in [-0.3, -0.25) is 9.59 Å². The molecular weight excluding hydrogens is 256 g/mol. The summed E-state index contributed by atoms with van der Waals surface area (Å²) in [5, 5.41) is 8.90. The summed E-state index contributed by atoms with van der Waals surface area (Å²) >= 11 is 0. The van der Waals surface area contributed by atoms with E-state index in [1.54, 1.807) is 0 Å². The molecule has 0 spiro atoms. The van der Waals surface area contributed by atoms with Gasteiger partial charge in [0.15, 0.2) is 0 Å². The van der Waals surface area contributed by atoms with Crippen LogP contribution in [0.2, 0.25) is 0 Å². The van der Waals surface area contributed by atoms with Gasteiger partial charge in [0.2, 0.25) is 5.91 Å². The second kappa shape index (κ2) is 7.07. The molecule has 2 rings (SSSR count). The number of hydrogen-bond acceptors (Lipinski definition) is 3. The Morgan fingerprint density at radius 2 is 1.90 bits per heavy atom. The van der Waals surface area contributed by atoms with Crippen LogP contribution in [0, 0.1) is 17.8 Å². The van der Waals surface area contributed by atoms with E-state index in [0.29, 0.717) is 19.0 Å². The third-order valence-corrected chi connectivity index (χ3v) is 4.82. The highest BCUT2D eigenvalue weighted by molar-refractivity contribution is 5.79. The summed E-state index contributed by atoms with van der Waals surface area (Å²) in [6.45, 7) is 1.98. The monoisotopic (exact) mass is 282 g/mol. The van der Waals surface area contributed by atoms with Crippen LogP contribution in [0.5, 0.6) is 0 Å². The normalized spacial score (nSPS) is 31.1. The molecule has 20 heavy (non-hydrogen) atoms. The molecule has 2 aliphatic rings. The smallest absolute Gasteiger partial charge is 0.303 e. The van der Waals surface area contributed by atoms with E-state index in [1.165, 1.54) is 6.42 Å². The summed E-state index contributed by atoms with van der Waals surface area (Å²) in [7, 11) is 0. The molecule has 1 heterocycles. The quantitative estimate of drug-likeness (QED) is 0.817. The average Bonchev–Trinajstić information content (AvgIpc) is 2.46. The molecule has 1 aliphatic heterocycles. The molecule has 0 bridgehead atoms. The molecule has 0 radical (unpaired) electrons. The molecule has 0 aromatic heterocycles. The van der Waals surface area contributed by atoms with Gasteiger partial charge in [0, 0.05) is 25.4 Å². The van der Waals surface area contributed by atoms with Gasteiger partial charge < -0.3 is 15.7 Å². The number of amides is 1. The molecule has 3 unspecified atom stereocenters. The number of carbonyl (C=O) groups is 2. The van der Waals surface area contributed by atoms with Crippen molar-refractivity contribution in [3.63, 3.8) is 0 Å². The first kappa shape index (κ1) is 15.3. The van der Waals surface area contributed by atoms with Crippen molar-refractivity contribution in [1.29, 1.82) is 0 Å². The van der Waals surface area contributed by atoms with E-state index in [2.05, 4.69) is 0 Å². The molecule has 1 aliphatic carbocycles. The van der Waals surface area contributed by atoms with Crippen molar-refractivity contribution in [1.82, 2.24) is 4.90 Å². The molecule has 5 heteroatoms. The molecule has 3 N–H and O–H groups in total. The van der Waals surface area contributed by atoms with Crippen molar-refractivity contribution in [2.24, 2.45) is 23.5 Å². The van der Waals surface area contributed by atoms with Crippen LogP contribution >= 0.6 is 0 Å². The van der Waals surface area contributed by atoms with E-state index >= 15 is 0 Å². The van der Waals surface area contributed by atoms with Gasteiger partial charge in [-0.05, 0) is 44.1 Å². The van der Waals surface area contributed by atoms with Crippen molar-refractivity contribution in [2.45, 2.75) is 44.9 Å². The fourth-order valence-electron chi connectivity index (χ4n) is 3.73. The zero-order valence-corrected chi connectivity index (χ0v) is 12.1. The lowest BCUT2D eigenvalue weighted by Crippen LogP contribution is -2.46. The van der Waals surface area contributed by atoms with Crippen molar-refractivity contribution >= 4 is 11.9 Å². The maximum atomic E-state index is 12.7. The van der Waals surface area contributed by atoms with Crippen LogP contribution in [0.3, 0.4) is 0 Å². The first-order valence-corrected chi connectivity index (χ1v) is 7.82. The Morgan fingerprint density at radius 3 is 2.60 bits per heavy atom. The molecule has 0 aromatic carbocycles. The minimum Gasteiger partial charge on any atom is -0.481 e. The van der Waals surface area contributed by atoms with E-state index < -0.39 is 5.97 Å². The standard InChI is InChI=1S/C15H26N2O3/c16-9-12-5-1-2-6-13(12)15(20)17-7-3-4-11(10-17)8-14(18)19/h11-13H,1-10,16H2,(H,18,19). The predicted molar refractivity (Wildman–Crippen MR) is 76.1 cm³/mol.